The summed E-state index contributed by atoms with van der Waals surface area (Å²) in [7, 11) is 0. The third kappa shape index (κ3) is 5.08. The highest BCUT2D eigenvalue weighted by atomic mass is 16.5. The van der Waals surface area contributed by atoms with Gasteiger partial charge in [-0.25, -0.2) is 0 Å². The largest absolute Gasteiger partial charge is 0.379 e. The first-order valence-corrected chi connectivity index (χ1v) is 8.54. The zero-order valence-electron chi connectivity index (χ0n) is 14.8. The number of morpholine rings is 1. The fraction of sp³-hybridized carbons (Fsp3) is 0.684. The lowest BCUT2D eigenvalue weighted by molar-refractivity contribution is 0.0708. The average Bonchev–Trinajstić information content (AvgIpc) is 2.47. The van der Waals surface area contributed by atoms with Crippen LogP contribution in [0.4, 0.5) is 0 Å². The van der Waals surface area contributed by atoms with E-state index in [1.807, 2.05) is 0 Å². The molecule has 2 rings (SSSR count). The van der Waals surface area contributed by atoms with E-state index >= 15 is 0 Å². The summed E-state index contributed by atoms with van der Waals surface area (Å²) in [6.07, 6.45) is 1.10. The Hall–Kier alpha value is -0.900. The number of hydrogen-bond acceptors (Lipinski definition) is 3. The number of hydrogen-bond donors (Lipinski definition) is 2. The molecule has 3 nitrogen and oxygen atoms in total. The lowest BCUT2D eigenvalue weighted by Gasteiger charge is -2.28. The third-order valence-electron chi connectivity index (χ3n) is 4.45. The van der Waals surface area contributed by atoms with Gasteiger partial charge in [0.25, 0.3) is 0 Å². The van der Waals surface area contributed by atoms with Gasteiger partial charge < -0.3 is 15.4 Å². The van der Waals surface area contributed by atoms with Crippen molar-refractivity contribution in [3.05, 3.63) is 35.4 Å². The molecule has 2 N–H and O–H groups in total. The van der Waals surface area contributed by atoms with Gasteiger partial charge in [-0.1, -0.05) is 45.0 Å². The van der Waals surface area contributed by atoms with E-state index in [1.54, 1.807) is 0 Å². The molecule has 0 saturated carbocycles. The van der Waals surface area contributed by atoms with Crippen molar-refractivity contribution in [2.24, 2.45) is 0 Å². The molecule has 124 valence electrons. The highest BCUT2D eigenvalue weighted by molar-refractivity contribution is 5.29. The molecule has 22 heavy (non-hydrogen) atoms. The number of ether oxygens (including phenoxy) is 1. The zero-order valence-corrected chi connectivity index (χ0v) is 14.8. The Kier molecular flexibility index (Phi) is 6.01. The lowest BCUT2D eigenvalue weighted by atomic mass is 9.86. The number of rotatable bonds is 5. The summed E-state index contributed by atoms with van der Waals surface area (Å²) in [4.78, 5) is 0. The van der Waals surface area contributed by atoms with Crippen LogP contribution in [-0.4, -0.2) is 31.8 Å². The van der Waals surface area contributed by atoms with E-state index in [9.17, 15) is 0 Å². The van der Waals surface area contributed by atoms with Gasteiger partial charge in [0.05, 0.1) is 13.2 Å². The van der Waals surface area contributed by atoms with Crippen molar-refractivity contribution in [1.29, 1.82) is 0 Å². The fourth-order valence-electron chi connectivity index (χ4n) is 3.06. The smallest absolute Gasteiger partial charge is 0.0620 e. The Bertz CT molecular complexity index is 443. The SMILES string of the molecule is CC(CC1COCCN1)NC(C)c1ccc(C(C)(C)C)cc1. The topological polar surface area (TPSA) is 33.3 Å². The quantitative estimate of drug-likeness (QED) is 0.874. The van der Waals surface area contributed by atoms with Gasteiger partial charge in [-0.3, -0.25) is 0 Å². The highest BCUT2D eigenvalue weighted by Gasteiger charge is 2.18. The molecular weight excluding hydrogens is 272 g/mol. The van der Waals surface area contributed by atoms with Crippen molar-refractivity contribution >= 4 is 0 Å². The molecule has 1 aliphatic heterocycles. The Morgan fingerprint density at radius 3 is 2.45 bits per heavy atom. The molecule has 0 aliphatic carbocycles. The first-order chi connectivity index (χ1) is 10.4. The van der Waals surface area contributed by atoms with Gasteiger partial charge in [0.15, 0.2) is 0 Å². The molecule has 0 aromatic heterocycles. The summed E-state index contributed by atoms with van der Waals surface area (Å²) in [6.45, 7) is 13.9. The van der Waals surface area contributed by atoms with Crippen molar-refractivity contribution in [3.63, 3.8) is 0 Å². The maximum Gasteiger partial charge on any atom is 0.0620 e. The number of nitrogens with one attached hydrogen (secondary N) is 2. The molecule has 0 amide bonds. The van der Waals surface area contributed by atoms with E-state index in [4.69, 9.17) is 4.74 Å². The van der Waals surface area contributed by atoms with Crippen LogP contribution in [0, 0.1) is 0 Å². The minimum Gasteiger partial charge on any atom is -0.379 e. The van der Waals surface area contributed by atoms with Crippen LogP contribution in [0.1, 0.15) is 58.2 Å². The van der Waals surface area contributed by atoms with Gasteiger partial charge in [0, 0.05) is 24.7 Å². The molecule has 1 saturated heterocycles. The summed E-state index contributed by atoms with van der Waals surface area (Å²) < 4.78 is 5.53. The van der Waals surface area contributed by atoms with E-state index in [0.29, 0.717) is 18.1 Å². The van der Waals surface area contributed by atoms with Gasteiger partial charge >= 0.3 is 0 Å². The van der Waals surface area contributed by atoms with Crippen molar-refractivity contribution < 1.29 is 4.74 Å². The Morgan fingerprint density at radius 2 is 1.91 bits per heavy atom. The Labute approximate surface area is 135 Å². The summed E-state index contributed by atoms with van der Waals surface area (Å²) in [6, 6.07) is 10.3. The molecule has 0 spiro atoms. The predicted octanol–water partition coefficient (Wildman–Crippen LogP) is 3.40. The van der Waals surface area contributed by atoms with Crippen LogP contribution in [0.15, 0.2) is 24.3 Å². The monoisotopic (exact) mass is 304 g/mol. The molecule has 3 unspecified atom stereocenters. The normalized spacial score (nSPS) is 22.3. The third-order valence-corrected chi connectivity index (χ3v) is 4.45. The van der Waals surface area contributed by atoms with Gasteiger partial charge in [-0.05, 0) is 36.8 Å². The molecule has 1 heterocycles. The van der Waals surface area contributed by atoms with Crippen molar-refractivity contribution in [3.8, 4) is 0 Å². The maximum absolute atomic E-state index is 5.53. The summed E-state index contributed by atoms with van der Waals surface area (Å²) in [5, 5.41) is 7.23. The first-order valence-electron chi connectivity index (χ1n) is 8.54. The molecule has 3 heteroatoms. The molecule has 0 bridgehead atoms. The standard InChI is InChI=1S/C19H32N2O/c1-14(12-18-13-22-11-10-20-18)21-15(2)16-6-8-17(9-7-16)19(3,4)5/h6-9,14-15,18,20-21H,10-13H2,1-5H3. The van der Waals surface area contributed by atoms with E-state index in [-0.39, 0.29) is 5.41 Å². The summed E-state index contributed by atoms with van der Waals surface area (Å²) >= 11 is 0. The van der Waals surface area contributed by atoms with Crippen molar-refractivity contribution in [2.75, 3.05) is 19.8 Å². The van der Waals surface area contributed by atoms with Crippen LogP contribution in [0.25, 0.3) is 0 Å². The van der Waals surface area contributed by atoms with E-state index in [2.05, 4.69) is 69.5 Å². The van der Waals surface area contributed by atoms with Crippen LogP contribution in [0.2, 0.25) is 0 Å². The molecule has 1 aliphatic rings. The molecule has 3 atom stereocenters. The van der Waals surface area contributed by atoms with Crippen molar-refractivity contribution in [2.45, 2.75) is 64.6 Å². The minimum atomic E-state index is 0.217. The van der Waals surface area contributed by atoms with E-state index in [1.165, 1.54) is 11.1 Å². The Balaban J connectivity index is 1.86. The molecule has 1 fully saturated rings. The Morgan fingerprint density at radius 1 is 1.23 bits per heavy atom. The summed E-state index contributed by atoms with van der Waals surface area (Å²) in [5.41, 5.74) is 2.96. The first kappa shape index (κ1) is 17.5. The molecule has 1 aromatic carbocycles. The highest BCUT2D eigenvalue weighted by Crippen LogP contribution is 2.24. The lowest BCUT2D eigenvalue weighted by Crippen LogP contribution is -2.45. The second kappa shape index (κ2) is 7.58. The fourth-order valence-corrected chi connectivity index (χ4v) is 3.06. The summed E-state index contributed by atoms with van der Waals surface area (Å²) in [5.74, 6) is 0. The van der Waals surface area contributed by atoms with Crippen LogP contribution >= 0.6 is 0 Å². The predicted molar refractivity (Wildman–Crippen MR) is 93.4 cm³/mol. The van der Waals surface area contributed by atoms with Crippen LogP contribution < -0.4 is 10.6 Å². The molecule has 0 radical (unpaired) electrons. The molecule has 1 aromatic rings. The second-order valence-electron chi connectivity index (χ2n) is 7.62. The minimum absolute atomic E-state index is 0.217. The van der Waals surface area contributed by atoms with Gasteiger partial charge in [0.2, 0.25) is 0 Å². The van der Waals surface area contributed by atoms with Gasteiger partial charge in [-0.2, -0.15) is 0 Å². The average molecular weight is 304 g/mol. The number of benzene rings is 1. The van der Waals surface area contributed by atoms with Gasteiger partial charge in [0.1, 0.15) is 0 Å². The van der Waals surface area contributed by atoms with Crippen LogP contribution in [0.3, 0.4) is 0 Å². The van der Waals surface area contributed by atoms with Gasteiger partial charge in [-0.15, -0.1) is 0 Å². The van der Waals surface area contributed by atoms with E-state index in [0.717, 1.165) is 26.2 Å². The van der Waals surface area contributed by atoms with E-state index < -0.39 is 0 Å². The zero-order chi connectivity index (χ0) is 16.2. The van der Waals surface area contributed by atoms with Crippen LogP contribution in [0.5, 0.6) is 0 Å². The maximum atomic E-state index is 5.53. The second-order valence-corrected chi connectivity index (χ2v) is 7.62. The van der Waals surface area contributed by atoms with Crippen molar-refractivity contribution in [1.82, 2.24) is 10.6 Å². The molecular formula is C19H32N2O. The van der Waals surface area contributed by atoms with Crippen LogP contribution in [-0.2, 0) is 10.2 Å².